The van der Waals surface area contributed by atoms with Crippen molar-refractivity contribution in [2.75, 3.05) is 19.6 Å². The van der Waals surface area contributed by atoms with Gasteiger partial charge in [-0.15, -0.1) is 0 Å². The molecule has 1 atom stereocenters. The van der Waals surface area contributed by atoms with Gasteiger partial charge in [-0.25, -0.2) is 9.18 Å². The molecule has 4 nitrogen and oxygen atoms in total. The van der Waals surface area contributed by atoms with E-state index >= 15 is 0 Å². The summed E-state index contributed by atoms with van der Waals surface area (Å²) < 4.78 is 18.4. The summed E-state index contributed by atoms with van der Waals surface area (Å²) in [6, 6.07) is 6.82. The lowest BCUT2D eigenvalue weighted by Crippen LogP contribution is -2.54. The fraction of sp³-hybridized carbons (Fsp3) is 0.588. The van der Waals surface area contributed by atoms with Crippen molar-refractivity contribution in [3.05, 3.63) is 35.6 Å². The summed E-state index contributed by atoms with van der Waals surface area (Å²) in [4.78, 5) is 16.2. The third-order valence-corrected chi connectivity index (χ3v) is 3.72. The van der Waals surface area contributed by atoms with Crippen LogP contribution in [0.25, 0.3) is 0 Å². The first-order valence-corrected chi connectivity index (χ1v) is 7.71. The molecule has 1 fully saturated rings. The van der Waals surface area contributed by atoms with E-state index in [0.717, 1.165) is 18.7 Å². The number of hydrogen-bond donors (Lipinski definition) is 0. The standard InChI is InChI=1S/C17H25FN2O2/c1-13-11-20(16(21)22-17(2,3)4)10-9-19(13)12-14-5-7-15(18)8-6-14/h5-8,13H,9-12H2,1-4H3. The summed E-state index contributed by atoms with van der Waals surface area (Å²) in [5.41, 5.74) is 0.616. The van der Waals surface area contributed by atoms with Crippen LogP contribution in [0.15, 0.2) is 24.3 Å². The van der Waals surface area contributed by atoms with Crippen LogP contribution in [0.5, 0.6) is 0 Å². The molecule has 0 N–H and O–H groups in total. The molecule has 0 spiro atoms. The molecule has 2 rings (SSSR count). The molecule has 1 aromatic rings. The molecule has 0 aliphatic carbocycles. The van der Waals surface area contributed by atoms with Crippen molar-refractivity contribution in [2.45, 2.75) is 45.9 Å². The maximum Gasteiger partial charge on any atom is 0.410 e. The molecular weight excluding hydrogens is 283 g/mol. The minimum absolute atomic E-state index is 0.216. The zero-order chi connectivity index (χ0) is 16.3. The first-order valence-electron chi connectivity index (χ1n) is 7.71. The summed E-state index contributed by atoms with van der Waals surface area (Å²) in [5, 5.41) is 0. The fourth-order valence-electron chi connectivity index (χ4n) is 2.55. The third kappa shape index (κ3) is 4.70. The zero-order valence-electron chi connectivity index (χ0n) is 13.8. The normalized spacial score (nSPS) is 20.0. The van der Waals surface area contributed by atoms with Crippen LogP contribution in [0, 0.1) is 5.82 Å². The van der Waals surface area contributed by atoms with Crippen molar-refractivity contribution in [1.82, 2.24) is 9.80 Å². The largest absolute Gasteiger partial charge is 0.444 e. The number of ether oxygens (including phenoxy) is 1. The van der Waals surface area contributed by atoms with E-state index in [1.54, 1.807) is 4.90 Å². The maximum absolute atomic E-state index is 12.9. The molecule has 1 aromatic carbocycles. The number of carbonyl (C=O) groups is 1. The van der Waals surface area contributed by atoms with Gasteiger partial charge in [0.25, 0.3) is 0 Å². The summed E-state index contributed by atoms with van der Waals surface area (Å²) >= 11 is 0. The minimum atomic E-state index is -0.467. The van der Waals surface area contributed by atoms with Crippen LogP contribution >= 0.6 is 0 Å². The van der Waals surface area contributed by atoms with Gasteiger partial charge in [-0.1, -0.05) is 12.1 Å². The van der Waals surface area contributed by atoms with Crippen molar-refractivity contribution in [2.24, 2.45) is 0 Å². The van der Waals surface area contributed by atoms with Crippen molar-refractivity contribution in [1.29, 1.82) is 0 Å². The van der Waals surface area contributed by atoms with E-state index in [1.807, 2.05) is 32.9 Å². The molecule has 1 aliphatic rings. The number of amides is 1. The monoisotopic (exact) mass is 308 g/mol. The molecule has 0 bridgehead atoms. The second-order valence-electron chi connectivity index (χ2n) is 6.87. The number of benzene rings is 1. The van der Waals surface area contributed by atoms with Crippen LogP contribution in [0.2, 0.25) is 0 Å². The van der Waals surface area contributed by atoms with Gasteiger partial charge in [0.2, 0.25) is 0 Å². The van der Waals surface area contributed by atoms with E-state index in [1.165, 1.54) is 12.1 Å². The zero-order valence-corrected chi connectivity index (χ0v) is 13.8. The van der Waals surface area contributed by atoms with Crippen molar-refractivity contribution in [3.8, 4) is 0 Å². The predicted molar refractivity (Wildman–Crippen MR) is 84.1 cm³/mol. The quantitative estimate of drug-likeness (QED) is 0.840. The lowest BCUT2D eigenvalue weighted by atomic mass is 10.1. The molecule has 1 unspecified atom stereocenters. The van der Waals surface area contributed by atoms with Gasteiger partial charge in [-0.3, -0.25) is 4.90 Å². The smallest absolute Gasteiger partial charge is 0.410 e. The average Bonchev–Trinajstić information content (AvgIpc) is 2.41. The Hall–Kier alpha value is -1.62. The van der Waals surface area contributed by atoms with E-state index in [2.05, 4.69) is 11.8 Å². The molecule has 1 heterocycles. The summed E-state index contributed by atoms with van der Waals surface area (Å²) in [5.74, 6) is -0.216. The van der Waals surface area contributed by atoms with Gasteiger partial charge in [0, 0.05) is 32.2 Å². The summed E-state index contributed by atoms with van der Waals surface area (Å²) in [7, 11) is 0. The topological polar surface area (TPSA) is 32.8 Å². The van der Waals surface area contributed by atoms with Crippen LogP contribution in [-0.2, 0) is 11.3 Å². The Morgan fingerprint density at radius 3 is 2.45 bits per heavy atom. The van der Waals surface area contributed by atoms with Crippen molar-refractivity contribution < 1.29 is 13.9 Å². The number of piperazine rings is 1. The van der Waals surface area contributed by atoms with Crippen LogP contribution < -0.4 is 0 Å². The molecule has 22 heavy (non-hydrogen) atoms. The molecular formula is C17H25FN2O2. The molecule has 1 aliphatic heterocycles. The third-order valence-electron chi connectivity index (χ3n) is 3.72. The van der Waals surface area contributed by atoms with Crippen molar-refractivity contribution in [3.63, 3.8) is 0 Å². The van der Waals surface area contributed by atoms with Gasteiger partial charge < -0.3 is 9.64 Å². The molecule has 0 radical (unpaired) electrons. The van der Waals surface area contributed by atoms with Gasteiger partial charge in [-0.05, 0) is 45.4 Å². The van der Waals surface area contributed by atoms with Crippen LogP contribution in [0.1, 0.15) is 33.3 Å². The first-order chi connectivity index (χ1) is 10.2. The number of nitrogens with zero attached hydrogens (tertiary/aromatic N) is 2. The minimum Gasteiger partial charge on any atom is -0.444 e. The second kappa shape index (κ2) is 6.65. The van der Waals surface area contributed by atoms with Crippen LogP contribution in [-0.4, -0.2) is 47.2 Å². The molecule has 5 heteroatoms. The number of carbonyl (C=O) groups excluding carboxylic acids is 1. The number of rotatable bonds is 2. The highest BCUT2D eigenvalue weighted by molar-refractivity contribution is 5.68. The lowest BCUT2D eigenvalue weighted by molar-refractivity contribution is 0.00461. The van der Waals surface area contributed by atoms with Crippen LogP contribution in [0.4, 0.5) is 9.18 Å². The van der Waals surface area contributed by atoms with Gasteiger partial charge in [-0.2, -0.15) is 0 Å². The highest BCUT2D eigenvalue weighted by atomic mass is 19.1. The Bertz CT molecular complexity index is 510. The summed E-state index contributed by atoms with van der Waals surface area (Å²) in [6.45, 7) is 10.6. The summed E-state index contributed by atoms with van der Waals surface area (Å²) in [6.07, 6.45) is -0.249. The maximum atomic E-state index is 12.9. The van der Waals surface area contributed by atoms with E-state index < -0.39 is 5.60 Å². The first kappa shape index (κ1) is 16.7. The van der Waals surface area contributed by atoms with E-state index in [-0.39, 0.29) is 18.0 Å². The lowest BCUT2D eigenvalue weighted by Gasteiger charge is -2.40. The molecule has 0 aromatic heterocycles. The van der Waals surface area contributed by atoms with Gasteiger partial charge in [0.05, 0.1) is 0 Å². The Labute approximate surface area is 131 Å². The Morgan fingerprint density at radius 2 is 1.91 bits per heavy atom. The van der Waals surface area contributed by atoms with Gasteiger partial charge in [0.15, 0.2) is 0 Å². The van der Waals surface area contributed by atoms with Gasteiger partial charge in [0.1, 0.15) is 11.4 Å². The van der Waals surface area contributed by atoms with E-state index in [0.29, 0.717) is 13.1 Å². The highest BCUT2D eigenvalue weighted by Crippen LogP contribution is 2.17. The predicted octanol–water partition coefficient (Wildman–Crippen LogP) is 3.27. The number of hydrogen-bond acceptors (Lipinski definition) is 3. The average molecular weight is 308 g/mol. The van der Waals surface area contributed by atoms with E-state index in [9.17, 15) is 9.18 Å². The molecule has 0 saturated carbocycles. The SMILES string of the molecule is CC1CN(C(=O)OC(C)(C)C)CCN1Cc1ccc(F)cc1. The van der Waals surface area contributed by atoms with Gasteiger partial charge >= 0.3 is 6.09 Å². The Morgan fingerprint density at radius 1 is 1.27 bits per heavy atom. The highest BCUT2D eigenvalue weighted by Gasteiger charge is 2.29. The molecule has 122 valence electrons. The van der Waals surface area contributed by atoms with Crippen LogP contribution in [0.3, 0.4) is 0 Å². The second-order valence-corrected chi connectivity index (χ2v) is 6.87. The molecule has 1 amide bonds. The van der Waals surface area contributed by atoms with Crippen molar-refractivity contribution >= 4 is 6.09 Å². The Kier molecular flexibility index (Phi) is 5.06. The molecule has 1 saturated heterocycles. The fourth-order valence-corrected chi connectivity index (χ4v) is 2.55. The number of halogens is 1. The van der Waals surface area contributed by atoms with E-state index in [4.69, 9.17) is 4.74 Å². The Balaban J connectivity index is 1.90.